The first-order valence-electron chi connectivity index (χ1n) is 11.0. The third kappa shape index (κ3) is 4.47. The van der Waals surface area contributed by atoms with Crippen molar-refractivity contribution in [2.75, 3.05) is 12.3 Å². The predicted octanol–water partition coefficient (Wildman–Crippen LogP) is 3.14. The molecule has 0 radical (unpaired) electrons. The Morgan fingerprint density at radius 1 is 1.25 bits per heavy atom. The first kappa shape index (κ1) is 23.3. The second-order valence-electron chi connectivity index (χ2n) is 7.96. The number of hydrogen-bond acceptors (Lipinski definition) is 6. The van der Waals surface area contributed by atoms with Crippen molar-refractivity contribution < 1.29 is 9.90 Å². The summed E-state index contributed by atoms with van der Waals surface area (Å²) in [5.41, 5.74) is 15.0. The Bertz CT molecular complexity index is 1060. The van der Waals surface area contributed by atoms with Gasteiger partial charge in [0, 0.05) is 24.3 Å². The van der Waals surface area contributed by atoms with Crippen LogP contribution in [0.1, 0.15) is 54.6 Å². The van der Waals surface area contributed by atoms with Crippen molar-refractivity contribution >= 4 is 11.6 Å². The summed E-state index contributed by atoms with van der Waals surface area (Å²) in [6.45, 7) is 8.95. The molecule has 1 saturated heterocycles. The lowest BCUT2D eigenvalue weighted by Gasteiger charge is -2.40. The molecular weight excluding hydrogens is 402 g/mol. The summed E-state index contributed by atoms with van der Waals surface area (Å²) in [6.07, 6.45) is 1.89. The molecule has 32 heavy (non-hydrogen) atoms. The van der Waals surface area contributed by atoms with Crippen LogP contribution in [0.4, 0.5) is 5.69 Å². The SMILES string of the molecule is CC.Cc1cc(N)c(C2C=C3C(=O)N(Cc4ccc(C#N)cc4)CC(C)N3N2)c(CO)c1. The van der Waals surface area contributed by atoms with Crippen molar-refractivity contribution in [3.05, 3.63) is 76.0 Å². The normalized spacial score (nSPS) is 19.6. The Kier molecular flexibility index (Phi) is 7.18. The molecule has 2 aromatic rings. The number of nitrogens with one attached hydrogen (secondary N) is 1. The summed E-state index contributed by atoms with van der Waals surface area (Å²) in [7, 11) is 0. The Balaban J connectivity index is 0.00000141. The zero-order chi connectivity index (χ0) is 23.4. The predicted molar refractivity (Wildman–Crippen MR) is 125 cm³/mol. The molecule has 168 valence electrons. The highest BCUT2D eigenvalue weighted by atomic mass is 16.3. The number of aliphatic hydroxyl groups excluding tert-OH is 1. The molecular formula is C25H31N5O2. The van der Waals surface area contributed by atoms with E-state index in [1.165, 1.54) is 0 Å². The molecule has 0 bridgehead atoms. The number of fused-ring (bicyclic) bond motifs is 1. The Hall–Kier alpha value is -3.34. The van der Waals surface area contributed by atoms with Gasteiger partial charge in [0.15, 0.2) is 0 Å². The number of benzene rings is 2. The fourth-order valence-corrected chi connectivity index (χ4v) is 4.28. The minimum Gasteiger partial charge on any atom is -0.398 e. The molecule has 0 spiro atoms. The Morgan fingerprint density at radius 2 is 1.94 bits per heavy atom. The maximum absolute atomic E-state index is 13.2. The van der Waals surface area contributed by atoms with Crippen LogP contribution in [0.15, 0.2) is 48.2 Å². The highest BCUT2D eigenvalue weighted by molar-refractivity contribution is 5.94. The highest BCUT2D eigenvalue weighted by Gasteiger charge is 2.39. The molecule has 7 heteroatoms. The molecule has 7 nitrogen and oxygen atoms in total. The highest BCUT2D eigenvalue weighted by Crippen LogP contribution is 2.35. The largest absolute Gasteiger partial charge is 0.398 e. The number of rotatable bonds is 4. The van der Waals surface area contributed by atoms with Crippen LogP contribution in [0, 0.1) is 18.3 Å². The monoisotopic (exact) mass is 433 g/mol. The molecule has 0 saturated carbocycles. The lowest BCUT2D eigenvalue weighted by Crippen LogP contribution is -2.55. The second-order valence-corrected chi connectivity index (χ2v) is 7.96. The fourth-order valence-electron chi connectivity index (χ4n) is 4.28. The number of nitrogens with two attached hydrogens (primary N) is 1. The molecule has 2 aliphatic rings. The van der Waals surface area contributed by atoms with Crippen LogP contribution in [0.2, 0.25) is 0 Å². The maximum Gasteiger partial charge on any atom is 0.271 e. The van der Waals surface area contributed by atoms with Gasteiger partial charge in [0.1, 0.15) is 5.70 Å². The summed E-state index contributed by atoms with van der Waals surface area (Å²) < 4.78 is 0. The molecule has 1 amide bonds. The van der Waals surface area contributed by atoms with Gasteiger partial charge in [-0.15, -0.1) is 0 Å². The summed E-state index contributed by atoms with van der Waals surface area (Å²) >= 11 is 0. The average molecular weight is 434 g/mol. The van der Waals surface area contributed by atoms with E-state index >= 15 is 0 Å². The van der Waals surface area contributed by atoms with E-state index in [-0.39, 0.29) is 24.6 Å². The number of aliphatic hydroxyl groups is 1. The quantitative estimate of drug-likeness (QED) is 0.640. The number of carbonyl (C=O) groups excluding carboxylic acids is 1. The topological polar surface area (TPSA) is 106 Å². The van der Waals surface area contributed by atoms with Gasteiger partial charge >= 0.3 is 0 Å². The number of nitrogen functional groups attached to an aromatic ring is 1. The summed E-state index contributed by atoms with van der Waals surface area (Å²) in [5.74, 6) is -0.0521. The van der Waals surface area contributed by atoms with E-state index in [9.17, 15) is 9.90 Å². The van der Waals surface area contributed by atoms with Crippen LogP contribution in [0.3, 0.4) is 0 Å². The van der Waals surface area contributed by atoms with Crippen LogP contribution in [-0.2, 0) is 17.9 Å². The van der Waals surface area contributed by atoms with Gasteiger partial charge < -0.3 is 15.7 Å². The molecule has 2 aromatic carbocycles. The lowest BCUT2D eigenvalue weighted by molar-refractivity contribution is -0.134. The van der Waals surface area contributed by atoms with E-state index < -0.39 is 0 Å². The fraction of sp³-hybridized carbons (Fsp3) is 0.360. The molecule has 2 aliphatic heterocycles. The summed E-state index contributed by atoms with van der Waals surface area (Å²) in [4.78, 5) is 15.0. The van der Waals surface area contributed by atoms with Gasteiger partial charge in [-0.25, -0.2) is 5.43 Å². The van der Waals surface area contributed by atoms with Gasteiger partial charge in [0.05, 0.1) is 30.3 Å². The number of nitrogens with zero attached hydrogens (tertiary/aromatic N) is 3. The number of carbonyl (C=O) groups is 1. The van der Waals surface area contributed by atoms with Crippen LogP contribution >= 0.6 is 0 Å². The van der Waals surface area contributed by atoms with E-state index in [2.05, 4.69) is 18.4 Å². The Labute approximate surface area is 189 Å². The van der Waals surface area contributed by atoms with Gasteiger partial charge in [-0.05, 0) is 54.8 Å². The molecule has 2 atom stereocenters. The van der Waals surface area contributed by atoms with Crippen molar-refractivity contribution in [3.8, 4) is 6.07 Å². The van der Waals surface area contributed by atoms with E-state index in [0.717, 1.165) is 22.3 Å². The minimum absolute atomic E-state index is 0.0521. The standard InChI is InChI=1S/C23H25N5O2.C2H6/c1-14-7-18(13-29)22(19(25)8-14)20-9-21-23(30)27(11-15(2)28(21)26-20)12-17-5-3-16(10-24)4-6-17;1-2/h3-9,15,20,26,29H,11-13,25H2,1-2H3;1-2H3. The maximum atomic E-state index is 13.2. The first-order valence-corrected chi connectivity index (χ1v) is 11.0. The van der Waals surface area contributed by atoms with Crippen LogP contribution in [0.25, 0.3) is 0 Å². The van der Waals surface area contributed by atoms with Gasteiger partial charge in [0.2, 0.25) is 0 Å². The van der Waals surface area contributed by atoms with Crippen molar-refractivity contribution in [1.29, 1.82) is 5.26 Å². The minimum atomic E-state index is -0.274. The zero-order valence-electron chi connectivity index (χ0n) is 19.1. The number of anilines is 1. The molecule has 0 aliphatic carbocycles. The zero-order valence-corrected chi connectivity index (χ0v) is 19.1. The van der Waals surface area contributed by atoms with E-state index in [0.29, 0.717) is 30.0 Å². The smallest absolute Gasteiger partial charge is 0.271 e. The van der Waals surface area contributed by atoms with Crippen LogP contribution < -0.4 is 11.2 Å². The number of nitriles is 1. The number of hydrogen-bond donors (Lipinski definition) is 3. The molecule has 4 N–H and O–H groups in total. The third-order valence-electron chi connectivity index (χ3n) is 5.67. The number of piperazine rings is 1. The molecule has 1 fully saturated rings. The average Bonchev–Trinajstić information content (AvgIpc) is 3.24. The van der Waals surface area contributed by atoms with E-state index in [1.807, 2.05) is 61.0 Å². The van der Waals surface area contributed by atoms with Gasteiger partial charge in [0.25, 0.3) is 5.91 Å². The van der Waals surface area contributed by atoms with Crippen LogP contribution in [-0.4, -0.2) is 33.5 Å². The van der Waals surface area contributed by atoms with Crippen molar-refractivity contribution in [3.63, 3.8) is 0 Å². The van der Waals surface area contributed by atoms with Gasteiger partial charge in [-0.3, -0.25) is 9.80 Å². The molecule has 2 heterocycles. The molecule has 4 rings (SSSR count). The number of aryl methyl sites for hydroxylation is 1. The summed E-state index contributed by atoms with van der Waals surface area (Å²) in [6, 6.07) is 13.0. The Morgan fingerprint density at radius 3 is 2.56 bits per heavy atom. The van der Waals surface area contributed by atoms with E-state index in [4.69, 9.17) is 11.0 Å². The molecule has 2 unspecified atom stereocenters. The van der Waals surface area contributed by atoms with Gasteiger partial charge in [-0.2, -0.15) is 5.26 Å². The second kappa shape index (κ2) is 9.86. The molecule has 0 aromatic heterocycles. The van der Waals surface area contributed by atoms with Crippen molar-refractivity contribution in [2.45, 2.75) is 52.9 Å². The number of hydrazine groups is 1. The van der Waals surface area contributed by atoms with Crippen LogP contribution in [0.5, 0.6) is 0 Å². The summed E-state index contributed by atoms with van der Waals surface area (Å²) in [5, 5.41) is 20.7. The van der Waals surface area contributed by atoms with Crippen molar-refractivity contribution in [2.24, 2.45) is 0 Å². The van der Waals surface area contributed by atoms with Crippen molar-refractivity contribution in [1.82, 2.24) is 15.3 Å². The lowest BCUT2D eigenvalue weighted by atomic mass is 9.96. The van der Waals surface area contributed by atoms with Gasteiger partial charge in [-0.1, -0.05) is 32.0 Å². The first-order chi connectivity index (χ1) is 15.4. The third-order valence-corrected chi connectivity index (χ3v) is 5.67. The van der Waals surface area contributed by atoms with E-state index in [1.54, 1.807) is 12.1 Å². The number of amides is 1.